The Labute approximate surface area is 226 Å². The lowest BCUT2D eigenvalue weighted by Gasteiger charge is -2.23. The minimum absolute atomic E-state index is 0.0917. The van der Waals surface area contributed by atoms with Crippen LogP contribution in [0.3, 0.4) is 0 Å². The third-order valence-electron chi connectivity index (χ3n) is 8.17. The first-order chi connectivity index (χ1) is 18.7. The molecule has 7 heteroatoms. The number of benzene rings is 2. The lowest BCUT2D eigenvalue weighted by atomic mass is 9.95. The summed E-state index contributed by atoms with van der Waals surface area (Å²) in [6.45, 7) is 8.05. The highest BCUT2D eigenvalue weighted by molar-refractivity contribution is 6.26. The first-order valence-corrected chi connectivity index (χ1v) is 14.6. The molecule has 3 aliphatic rings. The van der Waals surface area contributed by atoms with E-state index in [0.29, 0.717) is 59.8 Å². The van der Waals surface area contributed by atoms with Crippen molar-refractivity contribution in [2.75, 3.05) is 51.7 Å². The van der Waals surface area contributed by atoms with E-state index in [1.807, 2.05) is 31.2 Å². The number of piperidine rings is 2. The van der Waals surface area contributed by atoms with Crippen LogP contribution in [-0.2, 0) is 0 Å². The SMILES string of the molecule is CCOc1cc(OCCCC2CCCNC2)c(N)c2c1-c1c(OCCCC3CCCNC3)cccc1C2=O. The summed E-state index contributed by atoms with van der Waals surface area (Å²) in [4.78, 5) is 13.6. The number of nitrogens with two attached hydrogens (primary N) is 1. The molecule has 4 N–H and O–H groups in total. The van der Waals surface area contributed by atoms with Crippen molar-refractivity contribution in [2.45, 2.75) is 58.3 Å². The van der Waals surface area contributed by atoms with Crippen molar-refractivity contribution >= 4 is 11.5 Å². The van der Waals surface area contributed by atoms with Gasteiger partial charge in [0.15, 0.2) is 5.78 Å². The molecule has 2 atom stereocenters. The fourth-order valence-corrected chi connectivity index (χ4v) is 6.21. The molecule has 2 aromatic rings. The predicted octanol–water partition coefficient (Wildman–Crippen LogP) is 5.20. The number of rotatable bonds is 12. The van der Waals surface area contributed by atoms with E-state index in [0.717, 1.165) is 68.9 Å². The zero-order valence-corrected chi connectivity index (χ0v) is 22.8. The van der Waals surface area contributed by atoms with Gasteiger partial charge in [0.2, 0.25) is 0 Å². The second-order valence-electron chi connectivity index (χ2n) is 10.9. The molecule has 2 aromatic carbocycles. The van der Waals surface area contributed by atoms with Crippen molar-refractivity contribution in [2.24, 2.45) is 11.8 Å². The average Bonchev–Trinajstić information content (AvgIpc) is 3.26. The lowest BCUT2D eigenvalue weighted by molar-refractivity contribution is 0.104. The monoisotopic (exact) mass is 521 g/mol. The maximum Gasteiger partial charge on any atom is 0.196 e. The van der Waals surface area contributed by atoms with Gasteiger partial charge in [-0.1, -0.05) is 12.1 Å². The molecule has 7 nitrogen and oxygen atoms in total. The molecular formula is C31H43N3O4. The van der Waals surface area contributed by atoms with Gasteiger partial charge in [0.25, 0.3) is 0 Å². The number of ketones is 1. The molecule has 38 heavy (non-hydrogen) atoms. The van der Waals surface area contributed by atoms with Gasteiger partial charge in [0.05, 0.1) is 31.1 Å². The zero-order valence-electron chi connectivity index (χ0n) is 22.8. The van der Waals surface area contributed by atoms with E-state index in [1.54, 1.807) is 0 Å². The quantitative estimate of drug-likeness (QED) is 0.223. The summed E-state index contributed by atoms with van der Waals surface area (Å²) in [7, 11) is 0. The van der Waals surface area contributed by atoms with Gasteiger partial charge in [0, 0.05) is 22.8 Å². The van der Waals surface area contributed by atoms with Crippen LogP contribution in [0.15, 0.2) is 24.3 Å². The fourth-order valence-electron chi connectivity index (χ4n) is 6.21. The van der Waals surface area contributed by atoms with Gasteiger partial charge in [-0.25, -0.2) is 0 Å². The maximum atomic E-state index is 13.6. The number of fused-ring (bicyclic) bond motifs is 3. The largest absolute Gasteiger partial charge is 0.493 e. The highest BCUT2D eigenvalue weighted by Crippen LogP contribution is 2.52. The molecule has 0 amide bonds. The normalized spacial score (nSPS) is 20.6. The maximum absolute atomic E-state index is 13.6. The van der Waals surface area contributed by atoms with E-state index >= 15 is 0 Å². The van der Waals surface area contributed by atoms with Gasteiger partial charge in [-0.3, -0.25) is 4.79 Å². The Bertz CT molecular complexity index is 1110. The molecule has 0 spiro atoms. The lowest BCUT2D eigenvalue weighted by Crippen LogP contribution is -2.29. The van der Waals surface area contributed by atoms with Crippen molar-refractivity contribution < 1.29 is 19.0 Å². The Morgan fingerprint density at radius 1 is 0.842 bits per heavy atom. The number of nitrogens with one attached hydrogen (secondary N) is 2. The summed E-state index contributed by atoms with van der Waals surface area (Å²) in [5, 5.41) is 6.96. The second-order valence-corrected chi connectivity index (χ2v) is 10.9. The summed E-state index contributed by atoms with van der Waals surface area (Å²) in [6.07, 6.45) is 9.27. The Kier molecular flexibility index (Phi) is 9.07. The summed E-state index contributed by atoms with van der Waals surface area (Å²) in [5.41, 5.74) is 9.59. The van der Waals surface area contributed by atoms with Crippen LogP contribution in [0.25, 0.3) is 11.1 Å². The van der Waals surface area contributed by atoms with Gasteiger partial charge in [-0.05, 0) is 102 Å². The Balaban J connectivity index is 1.31. The molecule has 5 rings (SSSR count). The minimum Gasteiger partial charge on any atom is -0.493 e. The van der Waals surface area contributed by atoms with E-state index in [1.165, 1.54) is 25.7 Å². The van der Waals surface area contributed by atoms with E-state index in [4.69, 9.17) is 19.9 Å². The highest BCUT2D eigenvalue weighted by atomic mass is 16.5. The first-order valence-electron chi connectivity index (χ1n) is 14.6. The minimum atomic E-state index is -0.0917. The number of nitrogen functional groups attached to an aromatic ring is 1. The summed E-state index contributed by atoms with van der Waals surface area (Å²) in [5.74, 6) is 3.20. The van der Waals surface area contributed by atoms with Crippen LogP contribution in [0.4, 0.5) is 5.69 Å². The topological polar surface area (TPSA) is 94.8 Å². The second kappa shape index (κ2) is 12.9. The number of hydrogen-bond acceptors (Lipinski definition) is 7. The van der Waals surface area contributed by atoms with Crippen molar-refractivity contribution in [3.05, 3.63) is 35.4 Å². The molecule has 0 saturated carbocycles. The van der Waals surface area contributed by atoms with E-state index in [9.17, 15) is 4.79 Å². The molecular weight excluding hydrogens is 478 g/mol. The summed E-state index contributed by atoms with van der Waals surface area (Å²) >= 11 is 0. The Hall–Kier alpha value is -2.77. The highest BCUT2D eigenvalue weighted by Gasteiger charge is 2.36. The smallest absolute Gasteiger partial charge is 0.196 e. The van der Waals surface area contributed by atoms with E-state index < -0.39 is 0 Å². The molecule has 2 saturated heterocycles. The molecule has 2 unspecified atom stereocenters. The van der Waals surface area contributed by atoms with Crippen LogP contribution in [-0.4, -0.2) is 51.8 Å². The number of hydrogen-bond donors (Lipinski definition) is 3. The number of carbonyl (C=O) groups excluding carboxylic acids is 1. The van der Waals surface area contributed by atoms with Gasteiger partial charge in [0.1, 0.15) is 17.2 Å². The average molecular weight is 522 g/mol. The van der Waals surface area contributed by atoms with Crippen molar-refractivity contribution in [1.29, 1.82) is 0 Å². The van der Waals surface area contributed by atoms with E-state index in [2.05, 4.69) is 10.6 Å². The van der Waals surface area contributed by atoms with Crippen LogP contribution >= 0.6 is 0 Å². The molecule has 206 valence electrons. The van der Waals surface area contributed by atoms with Crippen LogP contribution < -0.4 is 30.6 Å². The summed E-state index contributed by atoms with van der Waals surface area (Å²) < 4.78 is 18.5. The fraction of sp³-hybridized carbons (Fsp3) is 0.581. The molecule has 1 aliphatic carbocycles. The van der Waals surface area contributed by atoms with Crippen molar-refractivity contribution in [3.63, 3.8) is 0 Å². The first kappa shape index (κ1) is 26.8. The summed E-state index contributed by atoms with van der Waals surface area (Å²) in [6, 6.07) is 7.54. The molecule has 2 fully saturated rings. The third-order valence-corrected chi connectivity index (χ3v) is 8.17. The van der Waals surface area contributed by atoms with Crippen LogP contribution in [0.5, 0.6) is 17.2 Å². The van der Waals surface area contributed by atoms with Crippen LogP contribution in [0.2, 0.25) is 0 Å². The van der Waals surface area contributed by atoms with Crippen LogP contribution in [0, 0.1) is 11.8 Å². The molecule has 2 aliphatic heterocycles. The van der Waals surface area contributed by atoms with Gasteiger partial charge >= 0.3 is 0 Å². The molecule has 0 aromatic heterocycles. The molecule has 0 bridgehead atoms. The number of anilines is 1. The third kappa shape index (κ3) is 5.94. The zero-order chi connectivity index (χ0) is 26.3. The molecule has 2 heterocycles. The standard InChI is InChI=1S/C31H43N3O4/c1-2-36-25-18-26(38-17-7-11-22-9-5-15-34-20-22)30(32)29-28(25)27-23(31(29)35)12-3-13-24(27)37-16-6-10-21-8-4-14-33-19-21/h3,12-13,18,21-22,33-34H,2,4-11,14-17,19-20,32H2,1H3. The van der Waals surface area contributed by atoms with Gasteiger partial charge in [-0.15, -0.1) is 0 Å². The van der Waals surface area contributed by atoms with Crippen molar-refractivity contribution in [3.8, 4) is 28.4 Å². The predicted molar refractivity (Wildman–Crippen MR) is 152 cm³/mol. The van der Waals surface area contributed by atoms with Gasteiger partial charge < -0.3 is 30.6 Å². The van der Waals surface area contributed by atoms with Crippen LogP contribution in [0.1, 0.15) is 74.2 Å². The Morgan fingerprint density at radius 2 is 1.50 bits per heavy atom. The number of ether oxygens (including phenoxy) is 3. The van der Waals surface area contributed by atoms with Gasteiger partial charge in [-0.2, -0.15) is 0 Å². The van der Waals surface area contributed by atoms with E-state index in [-0.39, 0.29) is 5.78 Å². The molecule has 0 radical (unpaired) electrons. The number of carbonyl (C=O) groups is 1. The van der Waals surface area contributed by atoms with Crippen molar-refractivity contribution in [1.82, 2.24) is 10.6 Å². The Morgan fingerprint density at radius 3 is 2.11 bits per heavy atom.